The molecule has 0 aliphatic rings. The van der Waals surface area contributed by atoms with Crippen molar-refractivity contribution < 1.29 is 22.8 Å². The third kappa shape index (κ3) is 8.20. The van der Waals surface area contributed by atoms with Gasteiger partial charge in [0.1, 0.15) is 12.6 Å². The number of ketones is 1. The Balaban J connectivity index is 2.40. The summed E-state index contributed by atoms with van der Waals surface area (Å²) in [4.78, 5) is 39.8. The molecule has 0 unspecified atom stereocenters. The number of Topliss-reactive ketones (excluding diaryl/α,β-unsaturated/α-hetero) is 1. The molecule has 0 bridgehead atoms. The van der Waals surface area contributed by atoms with Crippen molar-refractivity contribution in [3.8, 4) is 0 Å². The molecule has 0 fully saturated rings. The van der Waals surface area contributed by atoms with Crippen LogP contribution >= 0.6 is 0 Å². The van der Waals surface area contributed by atoms with Gasteiger partial charge in [0.05, 0.1) is 11.9 Å². The molecule has 2 amide bonds. The number of hydrogen-bond acceptors (Lipinski definition) is 5. The van der Waals surface area contributed by atoms with E-state index in [9.17, 15) is 22.8 Å². The predicted molar refractivity (Wildman–Crippen MR) is 138 cm³/mol. The van der Waals surface area contributed by atoms with E-state index in [4.69, 9.17) is 0 Å². The molecule has 2 aromatic rings. The molecule has 2 rings (SSSR count). The molecule has 35 heavy (non-hydrogen) atoms. The van der Waals surface area contributed by atoms with Crippen molar-refractivity contribution in [2.24, 2.45) is 0 Å². The van der Waals surface area contributed by atoms with E-state index < -0.39 is 28.5 Å². The molecule has 2 aromatic carbocycles. The Kier molecular flexibility index (Phi) is 10.0. The molecule has 0 saturated carbocycles. The molecular weight excluding hydrogens is 466 g/mol. The topological polar surface area (TPSA) is 104 Å². The average molecular weight is 502 g/mol. The average Bonchev–Trinajstić information content (AvgIpc) is 2.79. The fraction of sp³-hybridized carbons (Fsp3) is 0.423. The Bertz CT molecular complexity index is 1130. The maximum absolute atomic E-state index is 13.6. The number of nitrogens with zero attached hydrogens (tertiary/aromatic N) is 2. The molecule has 0 aliphatic heterocycles. The van der Waals surface area contributed by atoms with Crippen molar-refractivity contribution in [1.29, 1.82) is 0 Å². The molecular formula is C26H35N3O5S. The lowest BCUT2D eigenvalue weighted by Gasteiger charge is -2.33. The summed E-state index contributed by atoms with van der Waals surface area (Å²) in [6, 6.07) is 14.9. The molecule has 0 radical (unpaired) electrons. The third-order valence-corrected chi connectivity index (χ3v) is 6.66. The minimum atomic E-state index is -3.85. The largest absolute Gasteiger partial charge is 0.352 e. The highest BCUT2D eigenvalue weighted by atomic mass is 32.2. The van der Waals surface area contributed by atoms with E-state index in [1.165, 1.54) is 24.0 Å². The predicted octanol–water partition coefficient (Wildman–Crippen LogP) is 3.03. The second-order valence-electron chi connectivity index (χ2n) is 8.79. The van der Waals surface area contributed by atoms with E-state index in [0.717, 1.165) is 16.1 Å². The Labute approximate surface area is 208 Å². The van der Waals surface area contributed by atoms with Crippen LogP contribution in [0.1, 0.15) is 50.0 Å². The highest BCUT2D eigenvalue weighted by Crippen LogP contribution is 2.21. The molecule has 0 saturated heterocycles. The molecule has 0 spiro atoms. The number of nitrogens with one attached hydrogen (secondary N) is 1. The van der Waals surface area contributed by atoms with Crippen molar-refractivity contribution in [3.63, 3.8) is 0 Å². The van der Waals surface area contributed by atoms with Crippen LogP contribution < -0.4 is 9.62 Å². The van der Waals surface area contributed by atoms with Gasteiger partial charge in [-0.1, -0.05) is 49.4 Å². The molecule has 0 aromatic heterocycles. The van der Waals surface area contributed by atoms with Gasteiger partial charge in [0.25, 0.3) is 0 Å². The van der Waals surface area contributed by atoms with E-state index in [-0.39, 0.29) is 30.0 Å². The zero-order chi connectivity index (χ0) is 26.2. The van der Waals surface area contributed by atoms with Crippen molar-refractivity contribution in [3.05, 3.63) is 65.7 Å². The van der Waals surface area contributed by atoms with Gasteiger partial charge in [-0.05, 0) is 51.3 Å². The second kappa shape index (κ2) is 12.5. The highest BCUT2D eigenvalue weighted by molar-refractivity contribution is 7.92. The first-order chi connectivity index (χ1) is 16.4. The van der Waals surface area contributed by atoms with E-state index in [2.05, 4.69) is 5.32 Å². The van der Waals surface area contributed by atoms with Crippen molar-refractivity contribution in [2.75, 3.05) is 23.7 Å². The Morgan fingerprint density at radius 1 is 1.00 bits per heavy atom. The van der Waals surface area contributed by atoms with E-state index >= 15 is 0 Å². The van der Waals surface area contributed by atoms with Crippen LogP contribution in [-0.2, 0) is 26.0 Å². The van der Waals surface area contributed by atoms with E-state index in [1.807, 2.05) is 51.1 Å². The Morgan fingerprint density at radius 2 is 1.66 bits per heavy atom. The summed E-state index contributed by atoms with van der Waals surface area (Å²) in [6.45, 7) is 6.65. The molecule has 0 aliphatic carbocycles. The highest BCUT2D eigenvalue weighted by Gasteiger charge is 2.31. The normalized spacial score (nSPS) is 12.2. The zero-order valence-corrected chi connectivity index (χ0v) is 21.8. The van der Waals surface area contributed by atoms with Crippen molar-refractivity contribution >= 4 is 33.3 Å². The summed E-state index contributed by atoms with van der Waals surface area (Å²) < 4.78 is 26.3. The number of rotatable bonds is 12. The number of benzene rings is 2. The van der Waals surface area contributed by atoms with Gasteiger partial charge in [-0.15, -0.1) is 0 Å². The minimum absolute atomic E-state index is 0.107. The number of anilines is 1. The van der Waals surface area contributed by atoms with Crippen LogP contribution in [0.15, 0.2) is 54.6 Å². The first kappa shape index (κ1) is 28.0. The summed E-state index contributed by atoms with van der Waals surface area (Å²) in [5.74, 6) is -0.994. The van der Waals surface area contributed by atoms with Gasteiger partial charge in [-0.2, -0.15) is 0 Å². The summed E-state index contributed by atoms with van der Waals surface area (Å²) in [7, 11) is -3.85. The van der Waals surface area contributed by atoms with Gasteiger partial charge in [0, 0.05) is 18.2 Å². The summed E-state index contributed by atoms with van der Waals surface area (Å²) >= 11 is 0. The SMILES string of the molecule is CC[C@@H](C(=O)NC(C)C)N(CCc1ccccc1)C(=O)CN(c1cccc(C(C)=O)c1)S(C)(=O)=O. The van der Waals surface area contributed by atoms with Gasteiger partial charge < -0.3 is 10.2 Å². The van der Waals surface area contributed by atoms with E-state index in [1.54, 1.807) is 12.1 Å². The molecule has 0 heterocycles. The lowest BCUT2D eigenvalue weighted by molar-refractivity contribution is -0.139. The summed E-state index contributed by atoms with van der Waals surface area (Å²) in [6.07, 6.45) is 1.90. The quantitative estimate of drug-likeness (QED) is 0.450. The van der Waals surface area contributed by atoms with Crippen LogP contribution in [0.3, 0.4) is 0 Å². The maximum Gasteiger partial charge on any atom is 0.244 e. The number of hydrogen-bond donors (Lipinski definition) is 1. The lowest BCUT2D eigenvalue weighted by atomic mass is 10.1. The van der Waals surface area contributed by atoms with Crippen LogP contribution in [0, 0.1) is 0 Å². The van der Waals surface area contributed by atoms with E-state index in [0.29, 0.717) is 18.4 Å². The van der Waals surface area contributed by atoms with Crippen LogP contribution in [0.2, 0.25) is 0 Å². The summed E-state index contributed by atoms with van der Waals surface area (Å²) in [5, 5.41) is 2.86. The third-order valence-electron chi connectivity index (χ3n) is 5.52. The van der Waals surface area contributed by atoms with Gasteiger partial charge in [0.2, 0.25) is 21.8 Å². The standard InChI is InChI=1S/C26H35N3O5S/c1-6-24(26(32)27-19(2)3)28(16-15-21-11-8-7-9-12-21)25(31)18-29(35(5,33)34)23-14-10-13-22(17-23)20(4)30/h7-14,17,19,24H,6,15-16,18H2,1-5H3,(H,27,32)/t24-/m0/s1. The fourth-order valence-corrected chi connectivity index (χ4v) is 4.61. The molecule has 190 valence electrons. The van der Waals surface area contributed by atoms with Crippen LogP contribution in [0.4, 0.5) is 5.69 Å². The van der Waals surface area contributed by atoms with Crippen LogP contribution in [0.5, 0.6) is 0 Å². The second-order valence-corrected chi connectivity index (χ2v) is 10.7. The van der Waals surface area contributed by atoms with Crippen LogP contribution in [-0.4, -0.2) is 62.3 Å². The first-order valence-corrected chi connectivity index (χ1v) is 13.5. The molecule has 1 atom stereocenters. The monoisotopic (exact) mass is 501 g/mol. The Morgan fingerprint density at radius 3 is 2.20 bits per heavy atom. The number of sulfonamides is 1. The molecule has 8 nitrogen and oxygen atoms in total. The van der Waals surface area contributed by atoms with Crippen molar-refractivity contribution in [2.45, 2.75) is 52.6 Å². The smallest absolute Gasteiger partial charge is 0.244 e. The first-order valence-electron chi connectivity index (χ1n) is 11.7. The Hall–Kier alpha value is -3.20. The van der Waals surface area contributed by atoms with Gasteiger partial charge in [-0.3, -0.25) is 18.7 Å². The minimum Gasteiger partial charge on any atom is -0.352 e. The number of amides is 2. The molecule has 1 N–H and O–H groups in total. The van der Waals surface area contributed by atoms with Gasteiger partial charge >= 0.3 is 0 Å². The van der Waals surface area contributed by atoms with Gasteiger partial charge in [-0.25, -0.2) is 8.42 Å². The number of carbonyl (C=O) groups is 3. The van der Waals surface area contributed by atoms with Crippen molar-refractivity contribution in [1.82, 2.24) is 10.2 Å². The fourth-order valence-electron chi connectivity index (χ4n) is 3.77. The number of carbonyl (C=O) groups excluding carboxylic acids is 3. The van der Waals surface area contributed by atoms with Gasteiger partial charge in [0.15, 0.2) is 5.78 Å². The lowest BCUT2D eigenvalue weighted by Crippen LogP contribution is -2.54. The molecule has 9 heteroatoms. The van der Waals surface area contributed by atoms with Crippen LogP contribution in [0.25, 0.3) is 0 Å². The maximum atomic E-state index is 13.6. The summed E-state index contributed by atoms with van der Waals surface area (Å²) in [5.41, 5.74) is 1.56. The zero-order valence-electron chi connectivity index (χ0n) is 21.0.